The first kappa shape index (κ1) is 21.8. The zero-order chi connectivity index (χ0) is 20.8. The molecule has 3 amide bonds. The average molecular weight is 427 g/mol. The van der Waals surface area contributed by atoms with E-state index in [0.29, 0.717) is 18.7 Å². The molecule has 10 heteroatoms. The Morgan fingerprint density at radius 1 is 1.29 bits per heavy atom. The molecule has 0 aliphatic carbocycles. The number of hydrogen-bond acceptors (Lipinski definition) is 6. The predicted molar refractivity (Wildman–Crippen MR) is 105 cm³/mol. The second-order valence-corrected chi connectivity index (χ2v) is 7.11. The number of carbonyl (C=O) groups is 4. The van der Waals surface area contributed by atoms with Crippen LogP contribution in [0.1, 0.15) is 19.4 Å². The van der Waals surface area contributed by atoms with Gasteiger partial charge < -0.3 is 14.7 Å². The fraction of sp³-hybridized carbons (Fsp3) is 0.333. The van der Waals surface area contributed by atoms with Crippen LogP contribution in [0.4, 0.5) is 4.79 Å². The van der Waals surface area contributed by atoms with Gasteiger partial charge in [0.25, 0.3) is 11.1 Å². The summed E-state index contributed by atoms with van der Waals surface area (Å²) < 4.78 is 5.04. The van der Waals surface area contributed by atoms with Crippen molar-refractivity contribution in [3.05, 3.63) is 33.7 Å². The van der Waals surface area contributed by atoms with Crippen LogP contribution in [0.5, 0.6) is 5.75 Å². The zero-order valence-electron chi connectivity index (χ0n) is 15.3. The summed E-state index contributed by atoms with van der Waals surface area (Å²) in [5.41, 5.74) is 0.535. The van der Waals surface area contributed by atoms with Gasteiger partial charge in [-0.3, -0.25) is 19.3 Å². The number of aliphatic carboxylic acids is 1. The molecule has 0 spiro atoms. The number of halogens is 1. The second kappa shape index (κ2) is 9.61. The number of carboxylic acid groups (broad SMARTS) is 1. The van der Waals surface area contributed by atoms with Gasteiger partial charge in [0.2, 0.25) is 5.91 Å². The van der Waals surface area contributed by atoms with Crippen molar-refractivity contribution in [1.29, 1.82) is 0 Å². The van der Waals surface area contributed by atoms with Crippen LogP contribution < -0.4 is 4.74 Å². The van der Waals surface area contributed by atoms with Crippen molar-refractivity contribution in [2.75, 3.05) is 26.2 Å². The van der Waals surface area contributed by atoms with E-state index in [9.17, 15) is 19.2 Å². The van der Waals surface area contributed by atoms with Gasteiger partial charge in [0.1, 0.15) is 12.3 Å². The monoisotopic (exact) mass is 426 g/mol. The standard InChI is InChI=1S/C18H19ClN2O6S/c1-3-20(4-2)15(22)9-21-17(25)14(28-18(21)26)8-11-5-6-13(12(19)7-11)27-10-16(23)24/h5-8H,3-4,9-10H2,1-2H3,(H,23,24)/b14-8-. The van der Waals surface area contributed by atoms with Crippen molar-refractivity contribution in [3.8, 4) is 5.75 Å². The minimum absolute atomic E-state index is 0.172. The number of nitrogens with zero attached hydrogens (tertiary/aromatic N) is 2. The Labute approximate surface area is 171 Å². The minimum atomic E-state index is -1.13. The Bertz CT molecular complexity index is 837. The minimum Gasteiger partial charge on any atom is -0.480 e. The molecule has 1 heterocycles. The molecule has 0 bridgehead atoms. The molecule has 1 aliphatic heterocycles. The third-order valence-electron chi connectivity index (χ3n) is 3.89. The number of benzene rings is 1. The molecule has 0 radical (unpaired) electrons. The molecule has 2 rings (SSSR count). The zero-order valence-corrected chi connectivity index (χ0v) is 16.9. The summed E-state index contributed by atoms with van der Waals surface area (Å²) in [4.78, 5) is 50.0. The fourth-order valence-electron chi connectivity index (χ4n) is 2.46. The van der Waals surface area contributed by atoms with Crippen LogP contribution in [0, 0.1) is 0 Å². The Morgan fingerprint density at radius 2 is 1.96 bits per heavy atom. The first-order chi connectivity index (χ1) is 13.3. The molecule has 0 unspecified atom stereocenters. The lowest BCUT2D eigenvalue weighted by Crippen LogP contribution is -2.41. The summed E-state index contributed by atoms with van der Waals surface area (Å²) in [5, 5.41) is 8.30. The number of carbonyl (C=O) groups excluding carboxylic acids is 3. The Morgan fingerprint density at radius 3 is 2.54 bits per heavy atom. The summed E-state index contributed by atoms with van der Waals surface area (Å²) in [6.07, 6.45) is 1.49. The summed E-state index contributed by atoms with van der Waals surface area (Å²) in [7, 11) is 0. The number of carboxylic acids is 1. The van der Waals surface area contributed by atoms with Crippen LogP contribution >= 0.6 is 23.4 Å². The Hall–Kier alpha value is -2.52. The smallest absolute Gasteiger partial charge is 0.341 e. The first-order valence-corrected chi connectivity index (χ1v) is 9.63. The molecule has 0 aromatic heterocycles. The number of rotatable bonds is 8. The fourth-order valence-corrected chi connectivity index (χ4v) is 3.54. The number of imide groups is 1. The van der Waals surface area contributed by atoms with Gasteiger partial charge in [-0.25, -0.2) is 4.79 Å². The van der Waals surface area contributed by atoms with E-state index in [4.69, 9.17) is 21.4 Å². The highest BCUT2D eigenvalue weighted by atomic mass is 35.5. The predicted octanol–water partition coefficient (Wildman–Crippen LogP) is 2.71. The summed E-state index contributed by atoms with van der Waals surface area (Å²) in [6.45, 7) is 3.81. The van der Waals surface area contributed by atoms with Crippen LogP contribution in [-0.2, 0) is 14.4 Å². The summed E-state index contributed by atoms with van der Waals surface area (Å²) in [6, 6.07) is 4.55. The molecular formula is C18H19ClN2O6S. The van der Waals surface area contributed by atoms with Crippen molar-refractivity contribution in [3.63, 3.8) is 0 Å². The number of likely N-dealkylation sites (N-methyl/N-ethyl adjacent to an activating group) is 1. The van der Waals surface area contributed by atoms with Gasteiger partial charge in [-0.1, -0.05) is 17.7 Å². The Balaban J connectivity index is 2.13. The molecular weight excluding hydrogens is 408 g/mol. The average Bonchev–Trinajstić information content (AvgIpc) is 2.89. The number of thioether (sulfide) groups is 1. The van der Waals surface area contributed by atoms with Gasteiger partial charge in [0, 0.05) is 13.1 Å². The van der Waals surface area contributed by atoms with Crippen LogP contribution in [-0.4, -0.2) is 64.2 Å². The molecule has 1 aliphatic rings. The van der Waals surface area contributed by atoms with Crippen LogP contribution in [0.2, 0.25) is 5.02 Å². The molecule has 8 nitrogen and oxygen atoms in total. The quantitative estimate of drug-likeness (QED) is 0.637. The van der Waals surface area contributed by atoms with Gasteiger partial charge >= 0.3 is 5.97 Å². The van der Waals surface area contributed by atoms with Gasteiger partial charge in [-0.05, 0) is 49.4 Å². The molecule has 1 fully saturated rings. The largest absolute Gasteiger partial charge is 0.480 e. The lowest BCUT2D eigenvalue weighted by atomic mass is 10.2. The molecule has 1 N–H and O–H groups in total. The molecule has 1 saturated heterocycles. The molecule has 0 saturated carbocycles. The van der Waals surface area contributed by atoms with Gasteiger partial charge in [-0.2, -0.15) is 0 Å². The van der Waals surface area contributed by atoms with Gasteiger partial charge in [-0.15, -0.1) is 0 Å². The number of hydrogen-bond donors (Lipinski definition) is 1. The normalized spacial score (nSPS) is 15.2. The third-order valence-corrected chi connectivity index (χ3v) is 5.09. The first-order valence-electron chi connectivity index (χ1n) is 8.44. The molecule has 150 valence electrons. The maximum absolute atomic E-state index is 12.5. The lowest BCUT2D eigenvalue weighted by Gasteiger charge is -2.21. The highest BCUT2D eigenvalue weighted by molar-refractivity contribution is 8.18. The van der Waals surface area contributed by atoms with Gasteiger partial charge in [0.05, 0.1) is 9.93 Å². The van der Waals surface area contributed by atoms with E-state index in [2.05, 4.69) is 0 Å². The topological polar surface area (TPSA) is 104 Å². The van der Waals surface area contributed by atoms with E-state index in [0.717, 1.165) is 16.7 Å². The SMILES string of the molecule is CCN(CC)C(=O)CN1C(=O)S/C(=C\c2ccc(OCC(=O)O)c(Cl)c2)C1=O. The molecule has 1 aromatic rings. The van der Waals surface area contributed by atoms with Crippen molar-refractivity contribution in [2.45, 2.75) is 13.8 Å². The van der Waals surface area contributed by atoms with Crippen LogP contribution in [0.15, 0.2) is 23.1 Å². The molecule has 0 atom stereocenters. The van der Waals surface area contributed by atoms with E-state index < -0.39 is 23.7 Å². The van der Waals surface area contributed by atoms with Crippen LogP contribution in [0.3, 0.4) is 0 Å². The third kappa shape index (κ3) is 5.26. The summed E-state index contributed by atoms with van der Waals surface area (Å²) >= 11 is 6.81. The van der Waals surface area contributed by atoms with E-state index in [1.807, 2.05) is 13.8 Å². The summed E-state index contributed by atoms with van der Waals surface area (Å²) in [5.74, 6) is -1.78. The van der Waals surface area contributed by atoms with E-state index in [1.165, 1.54) is 18.2 Å². The van der Waals surface area contributed by atoms with Crippen LogP contribution in [0.25, 0.3) is 6.08 Å². The van der Waals surface area contributed by atoms with E-state index in [-0.39, 0.29) is 28.1 Å². The van der Waals surface area contributed by atoms with Crippen molar-refractivity contribution < 1.29 is 29.0 Å². The van der Waals surface area contributed by atoms with E-state index in [1.54, 1.807) is 11.0 Å². The van der Waals surface area contributed by atoms with Crippen molar-refractivity contribution in [1.82, 2.24) is 9.80 Å². The molecule has 28 heavy (non-hydrogen) atoms. The van der Waals surface area contributed by atoms with Gasteiger partial charge in [0.15, 0.2) is 6.61 Å². The number of amides is 3. The Kier molecular flexibility index (Phi) is 7.47. The highest BCUT2D eigenvalue weighted by Gasteiger charge is 2.36. The molecule has 1 aromatic carbocycles. The highest BCUT2D eigenvalue weighted by Crippen LogP contribution is 2.33. The van der Waals surface area contributed by atoms with E-state index >= 15 is 0 Å². The lowest BCUT2D eigenvalue weighted by molar-refractivity contribution is -0.139. The maximum atomic E-state index is 12.5. The second-order valence-electron chi connectivity index (χ2n) is 5.71. The number of ether oxygens (including phenoxy) is 1. The van der Waals surface area contributed by atoms with Crippen molar-refractivity contribution >= 4 is 52.5 Å². The van der Waals surface area contributed by atoms with Crippen molar-refractivity contribution in [2.24, 2.45) is 0 Å². The maximum Gasteiger partial charge on any atom is 0.341 e.